The number of ether oxygens (including phenoxy) is 1. The molecule has 2 heterocycles. The van der Waals surface area contributed by atoms with Crippen molar-refractivity contribution in [1.82, 2.24) is 15.2 Å². The Morgan fingerprint density at radius 2 is 2.26 bits per heavy atom. The maximum atomic E-state index is 11.7. The number of aromatic nitrogens is 1. The molecule has 0 atom stereocenters. The molecule has 2 rings (SSSR count). The number of rotatable bonds is 3. The lowest BCUT2D eigenvalue weighted by molar-refractivity contribution is 0.00516. The Morgan fingerprint density at radius 3 is 2.79 bits per heavy atom. The predicted molar refractivity (Wildman–Crippen MR) is 73.4 cm³/mol. The normalized spacial score (nSPS) is 16.3. The molecule has 0 aliphatic carbocycles. The van der Waals surface area contributed by atoms with Crippen LogP contribution in [0.25, 0.3) is 0 Å². The molecule has 0 unspecified atom stereocenters. The monoisotopic (exact) mass is 285 g/mol. The summed E-state index contributed by atoms with van der Waals surface area (Å²) in [5, 5.41) is 5.09. The summed E-state index contributed by atoms with van der Waals surface area (Å²) in [6, 6.07) is 0.260. The maximum Gasteiger partial charge on any atom is 0.410 e. The highest BCUT2D eigenvalue weighted by molar-refractivity contribution is 7.07. The first-order valence-electron chi connectivity index (χ1n) is 6.21. The minimum Gasteiger partial charge on any atom is -0.444 e. The molecule has 1 aliphatic rings. The summed E-state index contributed by atoms with van der Waals surface area (Å²) >= 11 is 1.16. The zero-order chi connectivity index (χ0) is 14.0. The second-order valence-electron chi connectivity index (χ2n) is 5.64. The number of likely N-dealkylation sites (tertiary alicyclic amines) is 1. The Bertz CT molecular complexity index is 497. The molecule has 1 aromatic heterocycles. The molecule has 0 saturated carbocycles. The van der Waals surface area contributed by atoms with Crippen molar-refractivity contribution < 1.29 is 9.53 Å². The average molecular weight is 285 g/mol. The molecule has 1 fully saturated rings. The number of nitrogens with one attached hydrogen (secondary N) is 2. The van der Waals surface area contributed by atoms with Gasteiger partial charge in [0.25, 0.3) is 0 Å². The molecule has 1 amide bonds. The van der Waals surface area contributed by atoms with Gasteiger partial charge in [-0.3, -0.25) is 4.79 Å². The number of hydrogen-bond acceptors (Lipinski definition) is 5. The van der Waals surface area contributed by atoms with E-state index < -0.39 is 5.60 Å². The van der Waals surface area contributed by atoms with Gasteiger partial charge in [-0.25, -0.2) is 4.79 Å². The van der Waals surface area contributed by atoms with Gasteiger partial charge in [-0.05, 0) is 20.8 Å². The third-order valence-electron chi connectivity index (χ3n) is 2.69. The Balaban J connectivity index is 1.69. The Hall–Kier alpha value is -1.34. The van der Waals surface area contributed by atoms with E-state index in [0.717, 1.165) is 17.0 Å². The van der Waals surface area contributed by atoms with Gasteiger partial charge in [0, 0.05) is 36.8 Å². The van der Waals surface area contributed by atoms with Crippen LogP contribution in [0.1, 0.15) is 26.5 Å². The number of aromatic amines is 1. The number of carbonyl (C=O) groups excluding carboxylic acids is 1. The second-order valence-corrected chi connectivity index (χ2v) is 6.48. The van der Waals surface area contributed by atoms with E-state index in [1.165, 1.54) is 0 Å². The quantitative estimate of drug-likeness (QED) is 0.873. The van der Waals surface area contributed by atoms with Gasteiger partial charge in [-0.1, -0.05) is 11.3 Å². The van der Waals surface area contributed by atoms with Crippen LogP contribution < -0.4 is 10.2 Å². The average Bonchev–Trinajstić information content (AvgIpc) is 2.59. The minimum absolute atomic E-state index is 0.0409. The van der Waals surface area contributed by atoms with Gasteiger partial charge in [0.1, 0.15) is 5.60 Å². The smallest absolute Gasteiger partial charge is 0.410 e. The number of carbonyl (C=O) groups is 1. The molecule has 0 radical (unpaired) electrons. The molecule has 1 aromatic rings. The van der Waals surface area contributed by atoms with Crippen molar-refractivity contribution in [2.75, 3.05) is 13.1 Å². The first-order valence-corrected chi connectivity index (χ1v) is 7.09. The molecular formula is C12H19N3O3S. The van der Waals surface area contributed by atoms with Crippen LogP contribution >= 0.6 is 11.3 Å². The highest BCUT2D eigenvalue weighted by atomic mass is 32.1. The van der Waals surface area contributed by atoms with Crippen molar-refractivity contribution >= 4 is 17.4 Å². The number of hydrogen-bond donors (Lipinski definition) is 2. The van der Waals surface area contributed by atoms with E-state index in [4.69, 9.17) is 4.74 Å². The van der Waals surface area contributed by atoms with Gasteiger partial charge in [0.2, 0.25) is 0 Å². The van der Waals surface area contributed by atoms with Crippen molar-refractivity contribution in [3.8, 4) is 0 Å². The summed E-state index contributed by atoms with van der Waals surface area (Å²) in [5.74, 6) is 0. The van der Waals surface area contributed by atoms with Crippen LogP contribution in [0, 0.1) is 0 Å². The standard InChI is InChI=1S/C12H19N3O3S/c1-12(2,3)18-11(17)15-5-9(6-15)13-4-8-7-19-10(16)14-8/h7,9,13H,4-6H2,1-3H3,(H,14,16). The molecule has 19 heavy (non-hydrogen) atoms. The van der Waals surface area contributed by atoms with Crippen molar-refractivity contribution in [3.63, 3.8) is 0 Å². The fourth-order valence-electron chi connectivity index (χ4n) is 1.74. The Kier molecular flexibility index (Phi) is 3.96. The lowest BCUT2D eigenvalue weighted by Gasteiger charge is -2.40. The molecule has 0 bridgehead atoms. The Labute approximate surface area is 115 Å². The molecule has 106 valence electrons. The number of nitrogens with zero attached hydrogens (tertiary/aromatic N) is 1. The van der Waals surface area contributed by atoms with E-state index in [2.05, 4.69) is 10.3 Å². The SMILES string of the molecule is CC(C)(C)OC(=O)N1CC(NCc2csc(=O)[nH]2)C1. The topological polar surface area (TPSA) is 74.4 Å². The van der Waals surface area contributed by atoms with Crippen molar-refractivity contribution in [2.24, 2.45) is 0 Å². The first kappa shape index (κ1) is 14.1. The minimum atomic E-state index is -0.453. The summed E-state index contributed by atoms with van der Waals surface area (Å²) in [7, 11) is 0. The summed E-state index contributed by atoms with van der Waals surface area (Å²) < 4.78 is 5.27. The van der Waals surface area contributed by atoms with Gasteiger partial charge >= 0.3 is 11.0 Å². The van der Waals surface area contributed by atoms with Crippen LogP contribution in [-0.4, -0.2) is 40.7 Å². The van der Waals surface area contributed by atoms with Gasteiger partial charge in [0.05, 0.1) is 0 Å². The number of thiazole rings is 1. The molecule has 0 aromatic carbocycles. The van der Waals surface area contributed by atoms with E-state index in [1.54, 1.807) is 10.3 Å². The summed E-state index contributed by atoms with van der Waals surface area (Å²) in [6.45, 7) is 7.46. The molecule has 7 heteroatoms. The summed E-state index contributed by atoms with van der Waals surface area (Å²) in [6.07, 6.45) is -0.269. The largest absolute Gasteiger partial charge is 0.444 e. The van der Waals surface area contributed by atoms with E-state index >= 15 is 0 Å². The predicted octanol–water partition coefficient (Wildman–Crippen LogP) is 1.15. The molecule has 2 N–H and O–H groups in total. The zero-order valence-electron chi connectivity index (χ0n) is 11.4. The molecule has 1 saturated heterocycles. The fourth-order valence-corrected chi connectivity index (χ4v) is 2.32. The zero-order valence-corrected chi connectivity index (χ0v) is 12.2. The van der Waals surface area contributed by atoms with Crippen LogP contribution in [0.3, 0.4) is 0 Å². The van der Waals surface area contributed by atoms with Crippen LogP contribution in [-0.2, 0) is 11.3 Å². The van der Waals surface area contributed by atoms with E-state index in [0.29, 0.717) is 19.6 Å². The van der Waals surface area contributed by atoms with Crippen LogP contribution in [0.15, 0.2) is 10.2 Å². The third-order valence-corrected chi connectivity index (χ3v) is 3.40. The van der Waals surface area contributed by atoms with Crippen LogP contribution in [0.4, 0.5) is 4.79 Å². The van der Waals surface area contributed by atoms with E-state index in [9.17, 15) is 9.59 Å². The maximum absolute atomic E-state index is 11.7. The number of amides is 1. The Morgan fingerprint density at radius 1 is 1.58 bits per heavy atom. The number of H-pyrrole nitrogens is 1. The third kappa shape index (κ3) is 4.07. The summed E-state index contributed by atoms with van der Waals surface area (Å²) in [4.78, 5) is 27.0. The molecule has 0 spiro atoms. The van der Waals surface area contributed by atoms with Crippen LogP contribution in [0.5, 0.6) is 0 Å². The van der Waals surface area contributed by atoms with Gasteiger partial charge < -0.3 is 19.9 Å². The first-order chi connectivity index (χ1) is 8.83. The van der Waals surface area contributed by atoms with Crippen molar-refractivity contribution in [1.29, 1.82) is 0 Å². The van der Waals surface area contributed by atoms with E-state index in [1.807, 2.05) is 20.8 Å². The van der Waals surface area contributed by atoms with Crippen molar-refractivity contribution in [2.45, 2.75) is 39.0 Å². The highest BCUT2D eigenvalue weighted by Crippen LogP contribution is 2.15. The van der Waals surface area contributed by atoms with Gasteiger partial charge in [0.15, 0.2) is 0 Å². The lowest BCUT2D eigenvalue weighted by Crippen LogP contribution is -2.60. The molecule has 1 aliphatic heterocycles. The second kappa shape index (κ2) is 5.34. The molecule has 6 nitrogen and oxygen atoms in total. The fraction of sp³-hybridized carbons (Fsp3) is 0.667. The van der Waals surface area contributed by atoms with Gasteiger partial charge in [-0.15, -0.1) is 0 Å². The van der Waals surface area contributed by atoms with Crippen molar-refractivity contribution in [3.05, 3.63) is 20.7 Å². The molecular weight excluding hydrogens is 266 g/mol. The highest BCUT2D eigenvalue weighted by Gasteiger charge is 2.33. The summed E-state index contributed by atoms with van der Waals surface area (Å²) in [5.41, 5.74) is 0.428. The van der Waals surface area contributed by atoms with Gasteiger partial charge in [-0.2, -0.15) is 0 Å². The van der Waals surface area contributed by atoms with E-state index in [-0.39, 0.29) is 17.0 Å². The lowest BCUT2D eigenvalue weighted by atomic mass is 10.1. The van der Waals surface area contributed by atoms with Crippen LogP contribution in [0.2, 0.25) is 0 Å².